The van der Waals surface area contributed by atoms with E-state index in [9.17, 15) is 9.59 Å². The van der Waals surface area contributed by atoms with Gasteiger partial charge in [-0.3, -0.25) is 9.59 Å². The first-order valence-electron chi connectivity index (χ1n) is 6.66. The third kappa shape index (κ3) is 3.63. The number of carbonyl (C=O) groups excluding carboxylic acids is 1. The Morgan fingerprint density at radius 1 is 1.38 bits per heavy atom. The Balaban J connectivity index is 2.04. The van der Waals surface area contributed by atoms with Crippen molar-refractivity contribution >= 4 is 11.9 Å². The highest BCUT2D eigenvalue weighted by atomic mass is 16.7. The van der Waals surface area contributed by atoms with Gasteiger partial charge in [-0.1, -0.05) is 6.07 Å². The Labute approximate surface area is 122 Å². The van der Waals surface area contributed by atoms with E-state index in [0.717, 1.165) is 5.56 Å². The molecule has 0 spiro atoms. The van der Waals surface area contributed by atoms with Gasteiger partial charge < -0.3 is 25.2 Å². The van der Waals surface area contributed by atoms with E-state index < -0.39 is 12.0 Å². The molecule has 0 saturated carbocycles. The van der Waals surface area contributed by atoms with E-state index in [0.29, 0.717) is 24.6 Å². The highest BCUT2D eigenvalue weighted by Crippen LogP contribution is 2.32. The maximum Gasteiger partial charge on any atom is 0.305 e. The molecule has 114 valence electrons. The van der Waals surface area contributed by atoms with Crippen LogP contribution in [0.15, 0.2) is 18.2 Å². The molecule has 1 aliphatic rings. The van der Waals surface area contributed by atoms with Crippen LogP contribution in [-0.2, 0) is 16.1 Å². The molecular weight excluding hydrogens is 276 g/mol. The summed E-state index contributed by atoms with van der Waals surface area (Å²) in [5.41, 5.74) is 6.49. The largest absolute Gasteiger partial charge is 0.481 e. The number of benzene rings is 1. The Kier molecular flexibility index (Phi) is 4.64. The first kappa shape index (κ1) is 15.1. The van der Waals surface area contributed by atoms with Gasteiger partial charge in [-0.25, -0.2) is 0 Å². The van der Waals surface area contributed by atoms with Crippen molar-refractivity contribution in [2.75, 3.05) is 13.3 Å². The van der Waals surface area contributed by atoms with Crippen LogP contribution >= 0.6 is 0 Å². The van der Waals surface area contributed by atoms with E-state index in [-0.39, 0.29) is 19.1 Å². The van der Waals surface area contributed by atoms with Crippen LogP contribution in [0.25, 0.3) is 0 Å². The van der Waals surface area contributed by atoms with E-state index >= 15 is 0 Å². The lowest BCUT2D eigenvalue weighted by atomic mass is 10.1. The van der Waals surface area contributed by atoms with E-state index in [2.05, 4.69) is 0 Å². The molecule has 0 bridgehead atoms. The zero-order valence-corrected chi connectivity index (χ0v) is 11.7. The first-order valence-corrected chi connectivity index (χ1v) is 6.66. The summed E-state index contributed by atoms with van der Waals surface area (Å²) in [6.45, 7) is 2.80. The van der Waals surface area contributed by atoms with Crippen LogP contribution in [0.5, 0.6) is 11.5 Å². The lowest BCUT2D eigenvalue weighted by Gasteiger charge is -2.24. The molecule has 1 amide bonds. The van der Waals surface area contributed by atoms with Gasteiger partial charge in [0.2, 0.25) is 12.7 Å². The summed E-state index contributed by atoms with van der Waals surface area (Å²) in [6, 6.07) is 4.40. The molecule has 1 aromatic rings. The van der Waals surface area contributed by atoms with Gasteiger partial charge in [0.1, 0.15) is 0 Å². The number of nitrogens with two attached hydrogens (primary N) is 1. The van der Waals surface area contributed by atoms with Gasteiger partial charge in [0.05, 0.1) is 12.5 Å². The van der Waals surface area contributed by atoms with Crippen LogP contribution in [0, 0.1) is 0 Å². The molecule has 0 aromatic heterocycles. The number of fused-ring (bicyclic) bond motifs is 1. The third-order valence-electron chi connectivity index (χ3n) is 3.22. The molecule has 2 rings (SSSR count). The number of rotatable bonds is 6. The molecule has 1 heterocycles. The maximum atomic E-state index is 12.1. The SMILES string of the molecule is CCN(Cc1ccc2c(c1)OCO2)C(=O)C(N)CC(=O)O. The standard InChI is InChI=1S/C14H18N2O5/c1-2-16(14(19)10(15)6-13(17)18)7-9-3-4-11-12(5-9)21-8-20-11/h3-5,10H,2,6-8,15H2,1H3,(H,17,18). The van der Waals surface area contributed by atoms with Gasteiger partial charge in [0, 0.05) is 13.1 Å². The molecule has 7 heteroatoms. The molecule has 0 aliphatic carbocycles. The summed E-state index contributed by atoms with van der Waals surface area (Å²) in [7, 11) is 0. The number of nitrogens with zero attached hydrogens (tertiary/aromatic N) is 1. The van der Waals surface area contributed by atoms with E-state index in [1.807, 2.05) is 13.0 Å². The Hall–Kier alpha value is -2.28. The van der Waals surface area contributed by atoms with Crippen molar-refractivity contribution in [3.63, 3.8) is 0 Å². The topological polar surface area (TPSA) is 102 Å². The normalized spacial score (nSPS) is 13.8. The lowest BCUT2D eigenvalue weighted by molar-refractivity contribution is -0.142. The second kappa shape index (κ2) is 6.45. The lowest BCUT2D eigenvalue weighted by Crippen LogP contribution is -2.44. The summed E-state index contributed by atoms with van der Waals surface area (Å²) in [5, 5.41) is 8.70. The number of hydrogen-bond acceptors (Lipinski definition) is 5. The van der Waals surface area contributed by atoms with Crippen LogP contribution in [-0.4, -0.2) is 41.3 Å². The van der Waals surface area contributed by atoms with Crippen LogP contribution < -0.4 is 15.2 Å². The van der Waals surface area contributed by atoms with Gasteiger partial charge in [0.15, 0.2) is 11.5 Å². The number of aliphatic carboxylic acids is 1. The smallest absolute Gasteiger partial charge is 0.305 e. The fourth-order valence-electron chi connectivity index (χ4n) is 2.12. The number of amides is 1. The van der Waals surface area contributed by atoms with Crippen LogP contribution in [0.2, 0.25) is 0 Å². The third-order valence-corrected chi connectivity index (χ3v) is 3.22. The number of carboxylic acid groups (broad SMARTS) is 1. The fourth-order valence-corrected chi connectivity index (χ4v) is 2.12. The van der Waals surface area contributed by atoms with Gasteiger partial charge in [-0.15, -0.1) is 0 Å². The minimum atomic E-state index is -1.09. The second-order valence-corrected chi connectivity index (χ2v) is 4.74. The van der Waals surface area contributed by atoms with Crippen molar-refractivity contribution in [1.82, 2.24) is 4.90 Å². The molecule has 1 aliphatic heterocycles. The van der Waals surface area contributed by atoms with Crippen LogP contribution in [0.1, 0.15) is 18.9 Å². The second-order valence-electron chi connectivity index (χ2n) is 4.74. The molecule has 7 nitrogen and oxygen atoms in total. The Morgan fingerprint density at radius 2 is 2.10 bits per heavy atom. The number of carbonyl (C=O) groups is 2. The van der Waals surface area contributed by atoms with Gasteiger partial charge in [0.25, 0.3) is 0 Å². The Bertz CT molecular complexity index is 546. The van der Waals surface area contributed by atoms with Gasteiger partial charge >= 0.3 is 5.97 Å². The number of carboxylic acids is 1. The molecule has 1 atom stereocenters. The predicted octanol–water partition coefficient (Wildman–Crippen LogP) is 0.566. The summed E-state index contributed by atoms with van der Waals surface area (Å²) >= 11 is 0. The van der Waals surface area contributed by atoms with Crippen molar-refractivity contribution in [3.8, 4) is 11.5 Å². The average Bonchev–Trinajstić information content (AvgIpc) is 2.90. The van der Waals surface area contributed by atoms with Crippen LogP contribution in [0.3, 0.4) is 0 Å². The van der Waals surface area contributed by atoms with E-state index in [1.54, 1.807) is 12.1 Å². The zero-order valence-electron chi connectivity index (χ0n) is 11.7. The molecule has 3 N–H and O–H groups in total. The molecular formula is C14H18N2O5. The quantitative estimate of drug-likeness (QED) is 0.795. The van der Waals surface area contributed by atoms with Gasteiger partial charge in [-0.05, 0) is 24.6 Å². The monoisotopic (exact) mass is 294 g/mol. The first-order chi connectivity index (χ1) is 10.0. The maximum absolute atomic E-state index is 12.1. The van der Waals surface area contributed by atoms with Crippen molar-refractivity contribution < 1.29 is 24.2 Å². The number of likely N-dealkylation sites (N-methyl/N-ethyl adjacent to an activating group) is 1. The van der Waals surface area contributed by atoms with Crippen molar-refractivity contribution in [3.05, 3.63) is 23.8 Å². The summed E-state index contributed by atoms with van der Waals surface area (Å²) in [4.78, 5) is 24.3. The molecule has 0 fully saturated rings. The molecule has 0 radical (unpaired) electrons. The summed E-state index contributed by atoms with van der Waals surface area (Å²) < 4.78 is 10.5. The number of hydrogen-bond donors (Lipinski definition) is 2. The van der Waals surface area contributed by atoms with Crippen LogP contribution in [0.4, 0.5) is 0 Å². The average molecular weight is 294 g/mol. The molecule has 0 saturated heterocycles. The highest BCUT2D eigenvalue weighted by molar-refractivity contribution is 5.85. The predicted molar refractivity (Wildman–Crippen MR) is 73.9 cm³/mol. The minimum Gasteiger partial charge on any atom is -0.481 e. The fraction of sp³-hybridized carbons (Fsp3) is 0.429. The molecule has 21 heavy (non-hydrogen) atoms. The highest BCUT2D eigenvalue weighted by Gasteiger charge is 2.23. The van der Waals surface area contributed by atoms with E-state index in [1.165, 1.54) is 4.90 Å². The van der Waals surface area contributed by atoms with Crippen molar-refractivity contribution in [2.45, 2.75) is 25.9 Å². The minimum absolute atomic E-state index is 0.193. The zero-order chi connectivity index (χ0) is 15.4. The Morgan fingerprint density at radius 3 is 2.76 bits per heavy atom. The van der Waals surface area contributed by atoms with E-state index in [4.69, 9.17) is 20.3 Å². The summed E-state index contributed by atoms with van der Waals surface area (Å²) in [6.07, 6.45) is -0.378. The van der Waals surface area contributed by atoms with Crippen molar-refractivity contribution in [2.24, 2.45) is 5.73 Å². The summed E-state index contributed by atoms with van der Waals surface area (Å²) in [5.74, 6) is -0.144. The van der Waals surface area contributed by atoms with Crippen molar-refractivity contribution in [1.29, 1.82) is 0 Å². The van der Waals surface area contributed by atoms with Gasteiger partial charge in [-0.2, -0.15) is 0 Å². The molecule has 1 unspecified atom stereocenters. The number of ether oxygens (including phenoxy) is 2. The molecule has 1 aromatic carbocycles.